The summed E-state index contributed by atoms with van der Waals surface area (Å²) in [6.45, 7) is 1.60. The number of hydrogen-bond acceptors (Lipinski definition) is 7. The highest BCUT2D eigenvalue weighted by Crippen LogP contribution is 2.36. The number of nitro groups is 1. The number of sulfonamides is 1. The maximum absolute atomic E-state index is 12.6. The number of nitrogen functional groups attached to an aromatic ring is 1. The minimum atomic E-state index is -3.76. The summed E-state index contributed by atoms with van der Waals surface area (Å²) in [5.41, 5.74) is 5.17. The van der Waals surface area contributed by atoms with Crippen LogP contribution < -0.4 is 5.73 Å². The van der Waals surface area contributed by atoms with Crippen LogP contribution in [-0.4, -0.2) is 55.8 Å². The number of nitrogens with zero attached hydrogens (tertiary/aromatic N) is 3. The van der Waals surface area contributed by atoms with E-state index >= 15 is 0 Å². The number of likely N-dealkylation sites (tertiary alicyclic amines) is 1. The molecule has 1 fully saturated rings. The van der Waals surface area contributed by atoms with E-state index in [-0.39, 0.29) is 20.9 Å². The van der Waals surface area contributed by atoms with Gasteiger partial charge >= 0.3 is 5.69 Å². The lowest BCUT2D eigenvalue weighted by Gasteiger charge is -2.34. The second-order valence-corrected chi connectivity index (χ2v) is 8.46. The van der Waals surface area contributed by atoms with Gasteiger partial charge in [-0.05, 0) is 26.4 Å². The first kappa shape index (κ1) is 16.1. The molecule has 0 aliphatic carbocycles. The number of likely N-dealkylation sites (N-methyl/N-ethyl adjacent to an activating group) is 2. The third-order valence-electron chi connectivity index (χ3n) is 3.66. The van der Waals surface area contributed by atoms with Crippen molar-refractivity contribution in [3.63, 3.8) is 0 Å². The Morgan fingerprint density at radius 2 is 2.24 bits per heavy atom. The van der Waals surface area contributed by atoms with Gasteiger partial charge in [0, 0.05) is 25.7 Å². The molecule has 1 aromatic rings. The molecule has 2 rings (SSSR count). The Kier molecular flexibility index (Phi) is 4.51. The van der Waals surface area contributed by atoms with Crippen LogP contribution in [0.5, 0.6) is 0 Å². The monoisotopic (exact) mass is 334 g/mol. The molecule has 0 spiro atoms. The number of rotatable bonds is 4. The summed E-state index contributed by atoms with van der Waals surface area (Å²) in [6, 6.07) is 0.911. The SMILES string of the molecule is CN1CCCC(N(C)S(=O)(=O)c2cc([N+](=O)[O-])c(N)s2)C1. The fourth-order valence-corrected chi connectivity index (χ4v) is 5.19. The van der Waals surface area contributed by atoms with Gasteiger partial charge < -0.3 is 10.6 Å². The van der Waals surface area contributed by atoms with Crippen LogP contribution in [0.1, 0.15) is 12.8 Å². The molecule has 1 unspecified atom stereocenters. The fraction of sp³-hybridized carbons (Fsp3) is 0.636. The maximum Gasteiger partial charge on any atom is 0.304 e. The molecular formula is C11H18N4O4S2. The van der Waals surface area contributed by atoms with E-state index in [9.17, 15) is 18.5 Å². The van der Waals surface area contributed by atoms with Crippen LogP contribution >= 0.6 is 11.3 Å². The topological polar surface area (TPSA) is 110 Å². The second-order valence-electron chi connectivity index (χ2n) is 5.15. The van der Waals surface area contributed by atoms with Crippen LogP contribution in [0.15, 0.2) is 10.3 Å². The number of hydrogen-bond donors (Lipinski definition) is 1. The van der Waals surface area contributed by atoms with Gasteiger partial charge in [0.05, 0.1) is 4.92 Å². The zero-order valence-electron chi connectivity index (χ0n) is 11.9. The van der Waals surface area contributed by atoms with Crippen LogP contribution in [0.4, 0.5) is 10.7 Å². The molecule has 0 radical (unpaired) electrons. The van der Waals surface area contributed by atoms with Crippen LogP contribution in [0.2, 0.25) is 0 Å². The average Bonchev–Trinajstić information content (AvgIpc) is 2.80. The van der Waals surface area contributed by atoms with Crippen molar-refractivity contribution in [1.29, 1.82) is 0 Å². The van der Waals surface area contributed by atoms with Crippen molar-refractivity contribution in [3.05, 3.63) is 16.2 Å². The van der Waals surface area contributed by atoms with Gasteiger partial charge in [0.2, 0.25) is 0 Å². The van der Waals surface area contributed by atoms with Crippen molar-refractivity contribution in [2.75, 3.05) is 32.9 Å². The quantitative estimate of drug-likeness (QED) is 0.648. The highest BCUT2D eigenvalue weighted by Gasteiger charge is 2.33. The molecular weight excluding hydrogens is 316 g/mol. The normalized spacial score (nSPS) is 20.8. The molecule has 0 aromatic carbocycles. The molecule has 1 saturated heterocycles. The minimum absolute atomic E-state index is 0.0811. The summed E-state index contributed by atoms with van der Waals surface area (Å²) in [5, 5.41) is 10.7. The molecule has 1 aromatic heterocycles. The van der Waals surface area contributed by atoms with E-state index in [1.54, 1.807) is 0 Å². The summed E-state index contributed by atoms with van der Waals surface area (Å²) in [5.74, 6) is 0. The first-order valence-corrected chi connectivity index (χ1v) is 8.69. The molecule has 1 aliphatic heterocycles. The molecule has 0 bridgehead atoms. The van der Waals surface area contributed by atoms with Gasteiger partial charge in [0.15, 0.2) is 5.00 Å². The summed E-state index contributed by atoms with van der Waals surface area (Å²) in [6.07, 6.45) is 1.71. The van der Waals surface area contributed by atoms with Gasteiger partial charge in [-0.15, -0.1) is 0 Å². The standard InChI is InChI=1S/C11H18N4O4S2/c1-13-5-3-4-8(7-13)14(2)21(18,19)10-6-9(15(16)17)11(12)20-10/h6,8H,3-5,7,12H2,1-2H3. The van der Waals surface area contributed by atoms with Crippen molar-refractivity contribution < 1.29 is 13.3 Å². The third kappa shape index (κ3) is 3.18. The van der Waals surface area contributed by atoms with Crippen molar-refractivity contribution in [2.45, 2.75) is 23.1 Å². The smallest absolute Gasteiger partial charge is 0.304 e. The minimum Gasteiger partial charge on any atom is -0.385 e. The number of thiophene rings is 1. The van der Waals surface area contributed by atoms with E-state index in [1.807, 2.05) is 7.05 Å². The van der Waals surface area contributed by atoms with E-state index in [4.69, 9.17) is 5.73 Å². The van der Waals surface area contributed by atoms with Crippen molar-refractivity contribution in [1.82, 2.24) is 9.21 Å². The summed E-state index contributed by atoms with van der Waals surface area (Å²) in [7, 11) is -0.297. The summed E-state index contributed by atoms with van der Waals surface area (Å²) in [4.78, 5) is 12.2. The van der Waals surface area contributed by atoms with Gasteiger partial charge in [-0.2, -0.15) is 4.31 Å². The number of piperidine rings is 1. The first-order chi connectivity index (χ1) is 9.73. The second kappa shape index (κ2) is 5.87. The Bertz CT molecular complexity index is 643. The first-order valence-electron chi connectivity index (χ1n) is 6.43. The average molecular weight is 334 g/mol. The lowest BCUT2D eigenvalue weighted by atomic mass is 10.1. The van der Waals surface area contributed by atoms with Crippen LogP contribution in [0.3, 0.4) is 0 Å². The molecule has 118 valence electrons. The molecule has 2 N–H and O–H groups in total. The molecule has 21 heavy (non-hydrogen) atoms. The Morgan fingerprint density at radius 1 is 1.57 bits per heavy atom. The number of nitrogens with two attached hydrogens (primary N) is 1. The molecule has 10 heteroatoms. The molecule has 1 atom stereocenters. The molecule has 0 saturated carbocycles. The Morgan fingerprint density at radius 3 is 2.76 bits per heavy atom. The lowest BCUT2D eigenvalue weighted by Crippen LogP contribution is -2.47. The van der Waals surface area contributed by atoms with Gasteiger partial charge in [-0.1, -0.05) is 11.3 Å². The van der Waals surface area contributed by atoms with E-state index < -0.39 is 14.9 Å². The van der Waals surface area contributed by atoms with Gasteiger partial charge in [0.1, 0.15) is 4.21 Å². The molecule has 1 aliphatic rings. The largest absolute Gasteiger partial charge is 0.385 e. The zero-order valence-corrected chi connectivity index (χ0v) is 13.5. The van der Waals surface area contributed by atoms with E-state index in [2.05, 4.69) is 4.90 Å². The predicted octanol–water partition coefficient (Wildman–Crippen LogP) is 0.953. The van der Waals surface area contributed by atoms with Crippen LogP contribution in [-0.2, 0) is 10.0 Å². The van der Waals surface area contributed by atoms with Gasteiger partial charge in [-0.25, -0.2) is 8.42 Å². The van der Waals surface area contributed by atoms with Crippen LogP contribution in [0.25, 0.3) is 0 Å². The molecule has 2 heterocycles. The summed E-state index contributed by atoms with van der Waals surface area (Å²) >= 11 is 0.736. The zero-order chi connectivity index (χ0) is 15.8. The van der Waals surface area contributed by atoms with Crippen molar-refractivity contribution in [3.8, 4) is 0 Å². The van der Waals surface area contributed by atoms with E-state index in [0.29, 0.717) is 6.54 Å². The Balaban J connectivity index is 2.28. The molecule has 8 nitrogen and oxygen atoms in total. The summed E-state index contributed by atoms with van der Waals surface area (Å²) < 4.78 is 26.4. The number of anilines is 1. The molecule has 0 amide bonds. The van der Waals surface area contributed by atoms with Gasteiger partial charge in [-0.3, -0.25) is 10.1 Å². The Labute approximate surface area is 127 Å². The highest BCUT2D eigenvalue weighted by molar-refractivity contribution is 7.91. The highest BCUT2D eigenvalue weighted by atomic mass is 32.2. The fourth-order valence-electron chi connectivity index (χ4n) is 2.42. The van der Waals surface area contributed by atoms with Crippen molar-refractivity contribution in [2.24, 2.45) is 0 Å². The Hall–Kier alpha value is -1.23. The third-order valence-corrected chi connectivity index (χ3v) is 6.97. The predicted molar refractivity (Wildman–Crippen MR) is 80.9 cm³/mol. The van der Waals surface area contributed by atoms with Gasteiger partial charge in [0.25, 0.3) is 10.0 Å². The lowest BCUT2D eigenvalue weighted by molar-refractivity contribution is -0.383. The van der Waals surface area contributed by atoms with E-state index in [1.165, 1.54) is 11.4 Å². The van der Waals surface area contributed by atoms with E-state index in [0.717, 1.165) is 36.8 Å². The maximum atomic E-state index is 12.6. The van der Waals surface area contributed by atoms with Crippen LogP contribution in [0, 0.1) is 10.1 Å². The van der Waals surface area contributed by atoms with Crippen molar-refractivity contribution >= 4 is 32.0 Å².